The topological polar surface area (TPSA) is 47.1 Å². The number of hydrogen-bond donors (Lipinski definition) is 0. The van der Waals surface area contributed by atoms with Gasteiger partial charge >= 0.3 is 0 Å². The van der Waals surface area contributed by atoms with Crippen LogP contribution in [0.1, 0.15) is 29.8 Å². The summed E-state index contributed by atoms with van der Waals surface area (Å²) in [5, 5.41) is 9.24. The van der Waals surface area contributed by atoms with Crippen LogP contribution in [0.4, 0.5) is 0 Å². The maximum atomic E-state index is 6.17. The quantitative estimate of drug-likeness (QED) is 0.851. The monoisotopic (exact) mass is 296 g/mol. The first-order chi connectivity index (χ1) is 9.38. The van der Waals surface area contributed by atoms with E-state index in [0.717, 1.165) is 41.0 Å². The zero-order valence-electron chi connectivity index (χ0n) is 12.6. The molecule has 1 unspecified atom stereocenters. The van der Waals surface area contributed by atoms with Gasteiger partial charge < -0.3 is 4.52 Å². The Kier molecular flexibility index (Phi) is 4.50. The fourth-order valence-corrected chi connectivity index (χ4v) is 2.28. The molecule has 20 heavy (non-hydrogen) atoms. The highest BCUT2D eigenvalue weighted by molar-refractivity contribution is 6.31. The average Bonchev–Trinajstić information content (AvgIpc) is 2.89. The third-order valence-corrected chi connectivity index (χ3v) is 4.12. The molecule has 1 atom stereocenters. The first-order valence-electron chi connectivity index (χ1n) is 6.70. The van der Waals surface area contributed by atoms with E-state index in [1.807, 2.05) is 31.5 Å². The molecule has 0 bridgehead atoms. The van der Waals surface area contributed by atoms with Gasteiger partial charge in [-0.1, -0.05) is 16.8 Å². The molecule has 0 aromatic carbocycles. The minimum Gasteiger partial charge on any atom is -0.361 e. The lowest BCUT2D eigenvalue weighted by molar-refractivity contribution is 0.214. The van der Waals surface area contributed by atoms with Crippen LogP contribution in [0.15, 0.2) is 10.6 Å². The minimum atomic E-state index is 0.320. The smallest absolute Gasteiger partial charge is 0.133 e. The van der Waals surface area contributed by atoms with Crippen molar-refractivity contribution in [1.82, 2.24) is 19.8 Å². The van der Waals surface area contributed by atoms with Crippen molar-refractivity contribution in [3.8, 4) is 0 Å². The van der Waals surface area contributed by atoms with Gasteiger partial charge in [0.25, 0.3) is 0 Å². The lowest BCUT2D eigenvalue weighted by atomic mass is 10.2. The number of hydrogen-bond acceptors (Lipinski definition) is 4. The summed E-state index contributed by atoms with van der Waals surface area (Å²) in [4.78, 5) is 2.22. The molecule has 0 aliphatic rings. The highest BCUT2D eigenvalue weighted by atomic mass is 35.5. The zero-order chi connectivity index (χ0) is 14.9. The normalized spacial score (nSPS) is 13.2. The Morgan fingerprint density at radius 1 is 1.40 bits per heavy atom. The van der Waals surface area contributed by atoms with Crippen molar-refractivity contribution < 1.29 is 4.52 Å². The Labute approximate surface area is 124 Å². The number of halogens is 1. The van der Waals surface area contributed by atoms with Gasteiger partial charge in [-0.2, -0.15) is 5.10 Å². The summed E-state index contributed by atoms with van der Waals surface area (Å²) in [5.41, 5.74) is 2.84. The number of aryl methyl sites for hydroxylation is 2. The first kappa shape index (κ1) is 15.1. The average molecular weight is 297 g/mol. The Bertz CT molecular complexity index is 590. The van der Waals surface area contributed by atoms with E-state index in [-0.39, 0.29) is 0 Å². The van der Waals surface area contributed by atoms with Crippen LogP contribution in [0, 0.1) is 20.8 Å². The molecule has 0 aliphatic carbocycles. The van der Waals surface area contributed by atoms with Crippen molar-refractivity contribution in [2.75, 3.05) is 7.05 Å². The Morgan fingerprint density at radius 3 is 2.60 bits per heavy atom. The molecule has 0 N–H and O–H groups in total. The van der Waals surface area contributed by atoms with E-state index in [2.05, 4.69) is 29.1 Å². The molecular weight excluding hydrogens is 276 g/mol. The second kappa shape index (κ2) is 5.97. The van der Waals surface area contributed by atoms with Gasteiger partial charge in [0.2, 0.25) is 0 Å². The fourth-order valence-electron chi connectivity index (χ4n) is 2.15. The molecular formula is C14H21ClN4O. The lowest BCUT2D eigenvalue weighted by Gasteiger charge is -2.24. The molecule has 0 saturated carbocycles. The number of aromatic nitrogens is 3. The fraction of sp³-hybridized carbons (Fsp3) is 0.571. The molecule has 2 aromatic rings. The molecule has 2 heterocycles. The standard InChI is InChI=1S/C14H21ClN4O/c1-9(7-19-12(4)14(15)11(3)16-19)18(5)8-13-6-10(2)20-17-13/h6,9H,7-8H2,1-5H3. The molecule has 2 rings (SSSR count). The summed E-state index contributed by atoms with van der Waals surface area (Å²) >= 11 is 6.17. The number of nitrogens with zero attached hydrogens (tertiary/aromatic N) is 4. The molecule has 0 amide bonds. The van der Waals surface area contributed by atoms with Crippen LogP contribution in [0.5, 0.6) is 0 Å². The maximum Gasteiger partial charge on any atom is 0.133 e. The van der Waals surface area contributed by atoms with Gasteiger partial charge in [-0.3, -0.25) is 9.58 Å². The molecule has 0 aliphatic heterocycles. The third-order valence-electron chi connectivity index (χ3n) is 3.57. The highest BCUT2D eigenvalue weighted by Gasteiger charge is 2.16. The van der Waals surface area contributed by atoms with Crippen LogP contribution in [0.2, 0.25) is 5.02 Å². The van der Waals surface area contributed by atoms with E-state index in [1.165, 1.54) is 0 Å². The van der Waals surface area contributed by atoms with E-state index in [1.54, 1.807) is 0 Å². The summed E-state index contributed by atoms with van der Waals surface area (Å²) < 4.78 is 7.06. The van der Waals surface area contributed by atoms with E-state index < -0.39 is 0 Å². The van der Waals surface area contributed by atoms with Crippen molar-refractivity contribution in [3.63, 3.8) is 0 Å². The van der Waals surface area contributed by atoms with Gasteiger partial charge in [0.1, 0.15) is 5.76 Å². The van der Waals surface area contributed by atoms with Crippen LogP contribution in [0.25, 0.3) is 0 Å². The van der Waals surface area contributed by atoms with Crippen LogP contribution in [-0.4, -0.2) is 32.9 Å². The highest BCUT2D eigenvalue weighted by Crippen LogP contribution is 2.19. The Morgan fingerprint density at radius 2 is 2.10 bits per heavy atom. The summed E-state index contributed by atoms with van der Waals surface area (Å²) in [6.45, 7) is 9.54. The molecule has 0 saturated heterocycles. The molecule has 0 fully saturated rings. The van der Waals surface area contributed by atoms with Gasteiger partial charge in [-0.15, -0.1) is 0 Å². The van der Waals surface area contributed by atoms with E-state index >= 15 is 0 Å². The van der Waals surface area contributed by atoms with Crippen molar-refractivity contribution in [3.05, 3.63) is 33.9 Å². The lowest BCUT2D eigenvalue weighted by Crippen LogP contribution is -2.33. The maximum absolute atomic E-state index is 6.17. The number of rotatable bonds is 5. The van der Waals surface area contributed by atoms with Gasteiger partial charge in [-0.05, 0) is 34.7 Å². The molecule has 5 nitrogen and oxygen atoms in total. The van der Waals surface area contributed by atoms with E-state index in [0.29, 0.717) is 6.04 Å². The summed E-state index contributed by atoms with van der Waals surface area (Å²) in [7, 11) is 2.07. The molecule has 110 valence electrons. The van der Waals surface area contributed by atoms with Crippen LogP contribution in [-0.2, 0) is 13.1 Å². The van der Waals surface area contributed by atoms with Crippen LogP contribution >= 0.6 is 11.6 Å². The predicted octanol–water partition coefficient (Wildman–Crippen LogP) is 2.97. The minimum absolute atomic E-state index is 0.320. The zero-order valence-corrected chi connectivity index (χ0v) is 13.4. The van der Waals surface area contributed by atoms with Crippen molar-refractivity contribution in [2.24, 2.45) is 0 Å². The van der Waals surface area contributed by atoms with Gasteiger partial charge in [0.05, 0.1) is 28.6 Å². The molecule has 6 heteroatoms. The summed E-state index contributed by atoms with van der Waals surface area (Å²) in [6.07, 6.45) is 0. The van der Waals surface area contributed by atoms with Crippen LogP contribution in [0.3, 0.4) is 0 Å². The SMILES string of the molecule is Cc1cc(CN(C)C(C)Cn2nc(C)c(Cl)c2C)no1. The summed E-state index contributed by atoms with van der Waals surface area (Å²) in [6, 6.07) is 2.28. The largest absolute Gasteiger partial charge is 0.361 e. The second-order valence-electron chi connectivity index (χ2n) is 5.36. The summed E-state index contributed by atoms with van der Waals surface area (Å²) in [5.74, 6) is 0.839. The van der Waals surface area contributed by atoms with Crippen molar-refractivity contribution >= 4 is 11.6 Å². The van der Waals surface area contributed by atoms with Gasteiger partial charge in [0.15, 0.2) is 0 Å². The van der Waals surface area contributed by atoms with Gasteiger partial charge in [-0.25, -0.2) is 0 Å². The van der Waals surface area contributed by atoms with E-state index in [4.69, 9.17) is 16.1 Å². The molecule has 0 spiro atoms. The Hall–Kier alpha value is -1.33. The van der Waals surface area contributed by atoms with E-state index in [9.17, 15) is 0 Å². The number of likely N-dealkylation sites (N-methyl/N-ethyl adjacent to an activating group) is 1. The van der Waals surface area contributed by atoms with Gasteiger partial charge in [0, 0.05) is 18.7 Å². The Balaban J connectivity index is 2.00. The predicted molar refractivity (Wildman–Crippen MR) is 78.9 cm³/mol. The second-order valence-corrected chi connectivity index (χ2v) is 5.74. The van der Waals surface area contributed by atoms with Crippen molar-refractivity contribution in [1.29, 1.82) is 0 Å². The third kappa shape index (κ3) is 3.22. The molecule has 0 radical (unpaired) electrons. The van der Waals surface area contributed by atoms with Crippen LogP contribution < -0.4 is 0 Å². The van der Waals surface area contributed by atoms with Crippen molar-refractivity contribution in [2.45, 2.75) is 46.8 Å². The molecule has 2 aromatic heterocycles. The first-order valence-corrected chi connectivity index (χ1v) is 7.08.